The summed E-state index contributed by atoms with van der Waals surface area (Å²) in [5, 5.41) is 2.23. The zero-order valence-corrected chi connectivity index (χ0v) is 9.37. The van der Waals surface area contributed by atoms with E-state index in [2.05, 4.69) is 23.8 Å². The molecule has 0 radical (unpaired) electrons. The molecular weight excluding hydrogens is 200 g/mol. The number of rotatable bonds is 2. The smallest absolute Gasteiger partial charge is 0.265 e. The fourth-order valence-electron chi connectivity index (χ4n) is 1.69. The Hall–Kier alpha value is -1.87. The Bertz CT molecular complexity index is 534. The highest BCUT2D eigenvalue weighted by atomic mass is 16.2. The van der Waals surface area contributed by atoms with Crippen molar-refractivity contribution in [3.05, 3.63) is 47.5 Å². The second-order valence-electron chi connectivity index (χ2n) is 3.77. The highest BCUT2D eigenvalue weighted by molar-refractivity contribution is 5.98. The molecule has 2 aromatic carbocycles. The van der Waals surface area contributed by atoms with Gasteiger partial charge >= 0.3 is 0 Å². The molecule has 0 fully saturated rings. The van der Waals surface area contributed by atoms with E-state index < -0.39 is 0 Å². The van der Waals surface area contributed by atoms with E-state index in [9.17, 15) is 4.79 Å². The molecule has 1 amide bonds. The van der Waals surface area contributed by atoms with Crippen molar-refractivity contribution in [3.63, 3.8) is 0 Å². The third kappa shape index (κ3) is 2.04. The molecular formula is C13H14N2O. The average Bonchev–Trinajstić information content (AvgIpc) is 2.28. The van der Waals surface area contributed by atoms with E-state index >= 15 is 0 Å². The number of fused-ring (bicyclic) bond motifs is 1. The van der Waals surface area contributed by atoms with Gasteiger partial charge in [0.2, 0.25) is 0 Å². The molecule has 0 unspecified atom stereocenters. The van der Waals surface area contributed by atoms with Crippen LogP contribution in [-0.2, 0) is 0 Å². The van der Waals surface area contributed by atoms with E-state index in [1.807, 2.05) is 30.3 Å². The van der Waals surface area contributed by atoms with Crippen LogP contribution in [0, 0.1) is 6.92 Å². The Morgan fingerprint density at radius 3 is 2.50 bits per heavy atom. The lowest BCUT2D eigenvalue weighted by Gasteiger charge is -2.05. The summed E-state index contributed by atoms with van der Waals surface area (Å²) in [6, 6.07) is 11.9. The van der Waals surface area contributed by atoms with Crippen molar-refractivity contribution in [1.29, 1.82) is 0 Å². The summed E-state index contributed by atoms with van der Waals surface area (Å²) in [6.45, 7) is 2.06. The van der Waals surface area contributed by atoms with E-state index in [-0.39, 0.29) is 5.91 Å². The van der Waals surface area contributed by atoms with Crippen molar-refractivity contribution < 1.29 is 4.79 Å². The summed E-state index contributed by atoms with van der Waals surface area (Å²) in [5.74, 6) is -0.120. The minimum atomic E-state index is -0.120. The van der Waals surface area contributed by atoms with Crippen LogP contribution in [0.15, 0.2) is 36.4 Å². The van der Waals surface area contributed by atoms with Gasteiger partial charge in [0.15, 0.2) is 0 Å². The number of carbonyl (C=O) groups excluding carboxylic acids is 1. The molecule has 2 rings (SSSR count). The molecule has 0 aliphatic heterocycles. The number of hydrogen-bond acceptors (Lipinski definition) is 2. The van der Waals surface area contributed by atoms with Gasteiger partial charge < -0.3 is 0 Å². The maximum atomic E-state index is 11.6. The van der Waals surface area contributed by atoms with Gasteiger partial charge in [0.1, 0.15) is 0 Å². The van der Waals surface area contributed by atoms with Crippen molar-refractivity contribution in [1.82, 2.24) is 10.9 Å². The molecule has 16 heavy (non-hydrogen) atoms. The number of hydrogen-bond donors (Lipinski definition) is 2. The van der Waals surface area contributed by atoms with Crippen LogP contribution in [0.5, 0.6) is 0 Å². The van der Waals surface area contributed by atoms with Gasteiger partial charge in [-0.25, -0.2) is 5.43 Å². The van der Waals surface area contributed by atoms with Crippen LogP contribution in [0.4, 0.5) is 0 Å². The molecule has 0 heterocycles. The number of nitrogens with one attached hydrogen (secondary N) is 2. The summed E-state index contributed by atoms with van der Waals surface area (Å²) in [7, 11) is 1.67. The summed E-state index contributed by atoms with van der Waals surface area (Å²) >= 11 is 0. The standard InChI is InChI=1S/C13H14N2O/c1-9-3-4-11-8-12(13(16)15-14-2)6-5-10(11)7-9/h3-8,14H,1-2H3,(H,15,16). The van der Waals surface area contributed by atoms with Crippen LogP contribution in [-0.4, -0.2) is 13.0 Å². The minimum absolute atomic E-state index is 0.120. The molecule has 2 aromatic rings. The second-order valence-corrected chi connectivity index (χ2v) is 3.77. The Balaban J connectivity index is 2.44. The van der Waals surface area contributed by atoms with Crippen LogP contribution in [0.25, 0.3) is 10.8 Å². The molecule has 0 saturated heterocycles. The van der Waals surface area contributed by atoms with Crippen molar-refractivity contribution >= 4 is 16.7 Å². The van der Waals surface area contributed by atoms with Crippen LogP contribution >= 0.6 is 0 Å². The SMILES string of the molecule is CNNC(=O)c1ccc2cc(C)ccc2c1. The first-order valence-corrected chi connectivity index (χ1v) is 5.18. The molecule has 0 bridgehead atoms. The highest BCUT2D eigenvalue weighted by Gasteiger charge is 2.04. The third-order valence-electron chi connectivity index (χ3n) is 2.50. The van der Waals surface area contributed by atoms with Crippen LogP contribution in [0.3, 0.4) is 0 Å². The van der Waals surface area contributed by atoms with E-state index in [1.165, 1.54) is 5.56 Å². The van der Waals surface area contributed by atoms with Crippen molar-refractivity contribution in [3.8, 4) is 0 Å². The first kappa shape index (κ1) is 10.6. The lowest BCUT2D eigenvalue weighted by molar-refractivity contribution is 0.0938. The van der Waals surface area contributed by atoms with Crippen molar-refractivity contribution in [2.24, 2.45) is 0 Å². The normalized spacial score (nSPS) is 10.4. The molecule has 0 aliphatic carbocycles. The zero-order valence-electron chi connectivity index (χ0n) is 9.37. The number of amides is 1. The molecule has 82 valence electrons. The van der Waals surface area contributed by atoms with Crippen LogP contribution in [0.1, 0.15) is 15.9 Å². The molecule has 2 N–H and O–H groups in total. The molecule has 0 spiro atoms. The Morgan fingerprint density at radius 2 is 1.75 bits per heavy atom. The number of carbonyl (C=O) groups is 1. The number of benzene rings is 2. The summed E-state index contributed by atoms with van der Waals surface area (Å²) < 4.78 is 0. The molecule has 0 atom stereocenters. The summed E-state index contributed by atoms with van der Waals surface area (Å²) in [5.41, 5.74) is 7.05. The lowest BCUT2D eigenvalue weighted by Crippen LogP contribution is -2.34. The maximum absolute atomic E-state index is 11.6. The van der Waals surface area contributed by atoms with Gasteiger partial charge in [0, 0.05) is 12.6 Å². The van der Waals surface area contributed by atoms with Gasteiger partial charge in [0.25, 0.3) is 5.91 Å². The van der Waals surface area contributed by atoms with Gasteiger partial charge in [-0.15, -0.1) is 0 Å². The topological polar surface area (TPSA) is 41.1 Å². The first-order chi connectivity index (χ1) is 7.70. The molecule has 0 aliphatic rings. The Kier molecular flexibility index (Phi) is 2.88. The average molecular weight is 214 g/mol. The van der Waals surface area contributed by atoms with E-state index in [4.69, 9.17) is 0 Å². The number of hydrazine groups is 1. The van der Waals surface area contributed by atoms with Crippen molar-refractivity contribution in [2.45, 2.75) is 6.92 Å². The predicted octanol–water partition coefficient (Wildman–Crippen LogP) is 2.01. The fraction of sp³-hybridized carbons (Fsp3) is 0.154. The highest BCUT2D eigenvalue weighted by Crippen LogP contribution is 2.17. The minimum Gasteiger partial charge on any atom is -0.288 e. The molecule has 3 heteroatoms. The number of aryl methyl sites for hydroxylation is 1. The monoisotopic (exact) mass is 214 g/mol. The molecule has 3 nitrogen and oxygen atoms in total. The van der Waals surface area contributed by atoms with E-state index in [0.717, 1.165) is 10.8 Å². The van der Waals surface area contributed by atoms with Gasteiger partial charge in [-0.1, -0.05) is 29.8 Å². The van der Waals surface area contributed by atoms with Gasteiger partial charge in [-0.3, -0.25) is 10.2 Å². The van der Waals surface area contributed by atoms with Gasteiger partial charge in [-0.05, 0) is 29.8 Å². The third-order valence-corrected chi connectivity index (χ3v) is 2.50. The Morgan fingerprint density at radius 1 is 1.06 bits per heavy atom. The maximum Gasteiger partial charge on any atom is 0.265 e. The lowest BCUT2D eigenvalue weighted by atomic mass is 10.0. The molecule has 0 aromatic heterocycles. The van der Waals surface area contributed by atoms with Gasteiger partial charge in [0.05, 0.1) is 0 Å². The largest absolute Gasteiger partial charge is 0.288 e. The summed E-state index contributed by atoms with van der Waals surface area (Å²) in [4.78, 5) is 11.6. The summed E-state index contributed by atoms with van der Waals surface area (Å²) in [6.07, 6.45) is 0. The Labute approximate surface area is 94.4 Å². The van der Waals surface area contributed by atoms with Crippen LogP contribution < -0.4 is 10.9 Å². The quantitative estimate of drug-likeness (QED) is 0.751. The first-order valence-electron chi connectivity index (χ1n) is 5.18. The fourth-order valence-corrected chi connectivity index (χ4v) is 1.69. The van der Waals surface area contributed by atoms with E-state index in [0.29, 0.717) is 5.56 Å². The van der Waals surface area contributed by atoms with Gasteiger partial charge in [-0.2, -0.15) is 0 Å². The van der Waals surface area contributed by atoms with Crippen molar-refractivity contribution in [2.75, 3.05) is 7.05 Å². The predicted molar refractivity (Wildman–Crippen MR) is 65.2 cm³/mol. The van der Waals surface area contributed by atoms with Crippen LogP contribution in [0.2, 0.25) is 0 Å². The van der Waals surface area contributed by atoms with E-state index in [1.54, 1.807) is 7.05 Å². The molecule has 0 saturated carbocycles. The zero-order chi connectivity index (χ0) is 11.5. The second kappa shape index (κ2) is 4.33.